The average Bonchev–Trinajstić information content (AvgIpc) is 2.98. The van der Waals surface area contributed by atoms with Gasteiger partial charge in [-0.05, 0) is 31.2 Å². The normalized spacial score (nSPS) is 11.5. The maximum atomic E-state index is 12.3. The highest BCUT2D eigenvalue weighted by atomic mass is 35.5. The molecule has 3 rings (SSSR count). The van der Waals surface area contributed by atoms with Crippen molar-refractivity contribution in [1.82, 2.24) is 14.4 Å². The molecule has 0 unspecified atom stereocenters. The van der Waals surface area contributed by atoms with Gasteiger partial charge in [-0.3, -0.25) is 9.20 Å². The lowest BCUT2D eigenvalue weighted by molar-refractivity contribution is 0.104. The number of nitrogens with zero attached hydrogens (tertiary/aromatic N) is 3. The summed E-state index contributed by atoms with van der Waals surface area (Å²) in [5.41, 5.74) is 3.69. The molecule has 0 aliphatic rings. The highest BCUT2D eigenvalue weighted by Gasteiger charge is 2.15. The van der Waals surface area contributed by atoms with Crippen molar-refractivity contribution in [2.45, 2.75) is 6.92 Å². The van der Waals surface area contributed by atoms with Crippen LogP contribution in [0.5, 0.6) is 0 Å². The van der Waals surface area contributed by atoms with Crippen molar-refractivity contribution in [3.05, 3.63) is 57.4 Å². The van der Waals surface area contributed by atoms with Crippen LogP contribution in [0.3, 0.4) is 0 Å². The minimum atomic E-state index is -0.179. The number of rotatable bonds is 3. The van der Waals surface area contributed by atoms with Gasteiger partial charge in [0.15, 0.2) is 5.15 Å². The largest absolute Gasteiger partial charge is 0.295 e. The number of fused-ring (bicyclic) bond motifs is 1. The van der Waals surface area contributed by atoms with Gasteiger partial charge in [0, 0.05) is 11.1 Å². The molecule has 0 atom stereocenters. The number of aryl methyl sites for hydroxylation is 1. The molecule has 20 heavy (non-hydrogen) atoms. The van der Waals surface area contributed by atoms with Crippen molar-refractivity contribution < 1.29 is 4.79 Å². The molecule has 0 spiro atoms. The second kappa shape index (κ2) is 5.19. The molecule has 4 nitrogen and oxygen atoms in total. The SMILES string of the molecule is Cc1ncsc1/C=C/C(=O)c1c(Cl)nc2ccccn12. The highest BCUT2D eigenvalue weighted by Crippen LogP contribution is 2.20. The third-order valence-corrected chi connectivity index (χ3v) is 4.05. The molecular formula is C14H10ClN3OS. The number of pyridine rings is 1. The van der Waals surface area contributed by atoms with Crippen LogP contribution in [0, 0.1) is 6.92 Å². The van der Waals surface area contributed by atoms with E-state index in [-0.39, 0.29) is 10.9 Å². The summed E-state index contributed by atoms with van der Waals surface area (Å²) in [5.74, 6) is -0.179. The van der Waals surface area contributed by atoms with Crippen LogP contribution < -0.4 is 0 Å². The zero-order valence-electron chi connectivity index (χ0n) is 10.6. The van der Waals surface area contributed by atoms with E-state index in [9.17, 15) is 4.79 Å². The summed E-state index contributed by atoms with van der Waals surface area (Å²) < 4.78 is 1.69. The lowest BCUT2D eigenvalue weighted by Gasteiger charge is -1.97. The Kier molecular flexibility index (Phi) is 3.38. The quantitative estimate of drug-likeness (QED) is 0.548. The van der Waals surface area contributed by atoms with Crippen LogP contribution in [0.2, 0.25) is 5.15 Å². The standard InChI is InChI=1S/C14H10ClN3OS/c1-9-11(20-8-16-9)6-5-10(19)13-14(15)17-12-4-2-3-7-18(12)13/h2-8H,1H3/b6-5+. The van der Waals surface area contributed by atoms with Crippen LogP contribution in [-0.4, -0.2) is 20.2 Å². The molecule has 0 N–H and O–H groups in total. The monoisotopic (exact) mass is 303 g/mol. The Morgan fingerprint density at radius 2 is 2.30 bits per heavy atom. The summed E-state index contributed by atoms with van der Waals surface area (Å²) in [6.07, 6.45) is 5.03. The Morgan fingerprint density at radius 1 is 1.45 bits per heavy atom. The van der Waals surface area contributed by atoms with Crippen LogP contribution in [0.15, 0.2) is 36.0 Å². The van der Waals surface area contributed by atoms with E-state index < -0.39 is 0 Å². The van der Waals surface area contributed by atoms with Crippen molar-refractivity contribution in [3.8, 4) is 0 Å². The van der Waals surface area contributed by atoms with E-state index in [0.717, 1.165) is 10.6 Å². The molecule has 0 aliphatic heterocycles. The summed E-state index contributed by atoms with van der Waals surface area (Å²) in [4.78, 5) is 21.6. The van der Waals surface area contributed by atoms with Crippen molar-refractivity contribution in [2.24, 2.45) is 0 Å². The number of carbonyl (C=O) groups is 1. The summed E-state index contributed by atoms with van der Waals surface area (Å²) in [7, 11) is 0. The topological polar surface area (TPSA) is 47.3 Å². The van der Waals surface area contributed by atoms with Gasteiger partial charge in [0.2, 0.25) is 5.78 Å². The second-order valence-corrected chi connectivity index (χ2v) is 5.42. The smallest absolute Gasteiger partial charge is 0.205 e. The van der Waals surface area contributed by atoms with E-state index in [1.807, 2.05) is 19.1 Å². The predicted octanol–water partition coefficient (Wildman–Crippen LogP) is 3.65. The van der Waals surface area contributed by atoms with E-state index >= 15 is 0 Å². The fraction of sp³-hybridized carbons (Fsp3) is 0.0714. The molecule has 0 bridgehead atoms. The van der Waals surface area contributed by atoms with Crippen LogP contribution in [0.1, 0.15) is 21.1 Å². The summed E-state index contributed by atoms with van der Waals surface area (Å²) >= 11 is 7.55. The van der Waals surface area contributed by atoms with E-state index in [1.54, 1.807) is 28.3 Å². The minimum absolute atomic E-state index is 0.179. The third kappa shape index (κ3) is 2.26. The molecule has 6 heteroatoms. The van der Waals surface area contributed by atoms with E-state index in [2.05, 4.69) is 9.97 Å². The zero-order valence-corrected chi connectivity index (χ0v) is 12.1. The van der Waals surface area contributed by atoms with Crippen molar-refractivity contribution in [2.75, 3.05) is 0 Å². The summed E-state index contributed by atoms with van der Waals surface area (Å²) in [6, 6.07) is 5.49. The maximum absolute atomic E-state index is 12.3. The summed E-state index contributed by atoms with van der Waals surface area (Å²) in [5, 5.41) is 0.215. The Hall–Kier alpha value is -1.98. The van der Waals surface area contributed by atoms with Gasteiger partial charge in [-0.2, -0.15) is 0 Å². The molecule has 100 valence electrons. The fourth-order valence-electron chi connectivity index (χ4n) is 1.89. The molecule has 0 saturated carbocycles. The van der Waals surface area contributed by atoms with Crippen molar-refractivity contribution in [3.63, 3.8) is 0 Å². The first-order valence-electron chi connectivity index (χ1n) is 5.92. The molecule has 0 radical (unpaired) electrons. The first-order valence-corrected chi connectivity index (χ1v) is 7.17. The number of aromatic nitrogens is 3. The number of imidazole rings is 1. The summed E-state index contributed by atoms with van der Waals surface area (Å²) in [6.45, 7) is 1.90. The van der Waals surface area contributed by atoms with Crippen LogP contribution in [-0.2, 0) is 0 Å². The molecule has 3 aromatic heterocycles. The lowest BCUT2D eigenvalue weighted by Crippen LogP contribution is -2.00. The average molecular weight is 304 g/mol. The number of allylic oxidation sites excluding steroid dienone is 1. The van der Waals surface area contributed by atoms with Gasteiger partial charge in [-0.1, -0.05) is 17.7 Å². The van der Waals surface area contributed by atoms with E-state index in [1.165, 1.54) is 17.4 Å². The third-order valence-electron chi connectivity index (χ3n) is 2.89. The number of hydrogen-bond donors (Lipinski definition) is 0. The number of halogens is 1. The van der Waals surface area contributed by atoms with E-state index in [0.29, 0.717) is 11.3 Å². The molecule has 3 aromatic rings. The van der Waals surface area contributed by atoms with Gasteiger partial charge in [-0.15, -0.1) is 11.3 Å². The Balaban J connectivity index is 1.99. The molecular weight excluding hydrogens is 294 g/mol. The Bertz CT molecular complexity index is 819. The van der Waals surface area contributed by atoms with Gasteiger partial charge in [0.05, 0.1) is 11.2 Å². The molecule has 0 amide bonds. The van der Waals surface area contributed by atoms with Crippen LogP contribution in [0.25, 0.3) is 11.7 Å². The number of carbonyl (C=O) groups excluding carboxylic acids is 1. The van der Waals surface area contributed by atoms with Gasteiger partial charge >= 0.3 is 0 Å². The van der Waals surface area contributed by atoms with Gasteiger partial charge in [0.25, 0.3) is 0 Å². The first kappa shape index (κ1) is 13.0. The maximum Gasteiger partial charge on any atom is 0.205 e. The van der Waals surface area contributed by atoms with Crippen LogP contribution in [0.4, 0.5) is 0 Å². The molecule has 0 aromatic carbocycles. The molecule has 0 fully saturated rings. The molecule has 3 heterocycles. The van der Waals surface area contributed by atoms with E-state index in [4.69, 9.17) is 11.6 Å². The lowest BCUT2D eigenvalue weighted by atomic mass is 10.2. The van der Waals surface area contributed by atoms with Gasteiger partial charge in [0.1, 0.15) is 11.3 Å². The van der Waals surface area contributed by atoms with Gasteiger partial charge < -0.3 is 0 Å². The van der Waals surface area contributed by atoms with Crippen molar-refractivity contribution >= 4 is 40.4 Å². The zero-order chi connectivity index (χ0) is 14.1. The molecule has 0 saturated heterocycles. The predicted molar refractivity (Wildman–Crippen MR) is 80.4 cm³/mol. The number of thiazole rings is 1. The second-order valence-electron chi connectivity index (χ2n) is 4.18. The first-order chi connectivity index (χ1) is 9.66. The Labute approximate surface area is 124 Å². The van der Waals surface area contributed by atoms with Gasteiger partial charge in [-0.25, -0.2) is 9.97 Å². The molecule has 0 aliphatic carbocycles. The Morgan fingerprint density at radius 3 is 3.05 bits per heavy atom. The highest BCUT2D eigenvalue weighted by molar-refractivity contribution is 7.10. The van der Waals surface area contributed by atoms with Crippen molar-refractivity contribution in [1.29, 1.82) is 0 Å². The fourth-order valence-corrected chi connectivity index (χ4v) is 2.85. The van der Waals surface area contributed by atoms with Crippen LogP contribution >= 0.6 is 22.9 Å². The number of hydrogen-bond acceptors (Lipinski definition) is 4. The number of ketones is 1. The minimum Gasteiger partial charge on any atom is -0.295 e.